The van der Waals surface area contributed by atoms with Crippen LogP contribution in [-0.4, -0.2) is 60.1 Å². The van der Waals surface area contributed by atoms with Crippen molar-refractivity contribution < 1.29 is 27.9 Å². The number of rotatable bonds is 3. The Morgan fingerprint density at radius 2 is 1.87 bits per heavy atom. The van der Waals surface area contributed by atoms with Gasteiger partial charge in [-0.2, -0.15) is 4.31 Å². The quantitative estimate of drug-likeness (QED) is 0.785. The second-order valence-electron chi connectivity index (χ2n) is 5.49. The Hall–Kier alpha value is -2.26. The number of aliphatic carboxylic acids is 1. The molecule has 0 aliphatic carbocycles. The van der Waals surface area contributed by atoms with E-state index in [1.807, 2.05) is 0 Å². The number of carbonyl (C=O) groups excluding carboxylic acids is 2. The van der Waals surface area contributed by atoms with Crippen molar-refractivity contribution in [1.82, 2.24) is 9.21 Å². The predicted octanol–water partition coefficient (Wildman–Crippen LogP) is 0.150. The molecule has 1 fully saturated rings. The molecule has 0 spiro atoms. The highest BCUT2D eigenvalue weighted by atomic mass is 32.2. The first-order chi connectivity index (χ1) is 10.7. The van der Waals surface area contributed by atoms with Gasteiger partial charge in [-0.3, -0.25) is 19.3 Å². The van der Waals surface area contributed by atoms with Crippen LogP contribution in [0.3, 0.4) is 0 Å². The lowest BCUT2D eigenvalue weighted by Crippen LogP contribution is -2.40. The van der Waals surface area contributed by atoms with E-state index in [1.54, 1.807) is 0 Å². The van der Waals surface area contributed by atoms with E-state index in [1.165, 1.54) is 19.2 Å². The van der Waals surface area contributed by atoms with E-state index in [4.69, 9.17) is 5.11 Å². The van der Waals surface area contributed by atoms with Crippen molar-refractivity contribution >= 4 is 27.8 Å². The number of hydrogen-bond acceptors (Lipinski definition) is 5. The number of carboxylic acids is 1. The van der Waals surface area contributed by atoms with Gasteiger partial charge in [0, 0.05) is 13.6 Å². The molecule has 1 saturated heterocycles. The monoisotopic (exact) mass is 338 g/mol. The number of nitrogens with zero attached hydrogens (tertiary/aromatic N) is 2. The summed E-state index contributed by atoms with van der Waals surface area (Å²) in [5.74, 6) is -2.25. The van der Waals surface area contributed by atoms with Gasteiger partial charge in [0.15, 0.2) is 0 Å². The highest BCUT2D eigenvalue weighted by Crippen LogP contribution is 2.29. The van der Waals surface area contributed by atoms with Crippen molar-refractivity contribution in [2.75, 3.05) is 13.6 Å². The van der Waals surface area contributed by atoms with E-state index in [2.05, 4.69) is 0 Å². The zero-order valence-electron chi connectivity index (χ0n) is 12.2. The van der Waals surface area contributed by atoms with E-state index >= 15 is 0 Å². The van der Waals surface area contributed by atoms with Gasteiger partial charge in [0.1, 0.15) is 6.04 Å². The molecule has 0 unspecified atom stereocenters. The molecule has 2 aliphatic heterocycles. The molecule has 1 aromatic carbocycles. The van der Waals surface area contributed by atoms with Crippen LogP contribution in [0.5, 0.6) is 0 Å². The van der Waals surface area contributed by atoms with Crippen molar-refractivity contribution in [3.8, 4) is 0 Å². The molecule has 3 rings (SSSR count). The van der Waals surface area contributed by atoms with Gasteiger partial charge < -0.3 is 5.11 Å². The molecule has 122 valence electrons. The lowest BCUT2D eigenvalue weighted by molar-refractivity contribution is -0.140. The maximum atomic E-state index is 12.7. The van der Waals surface area contributed by atoms with Gasteiger partial charge in [0.05, 0.1) is 16.0 Å². The summed E-state index contributed by atoms with van der Waals surface area (Å²) in [6.45, 7) is 0.114. The minimum absolute atomic E-state index is 0.0182. The molecule has 0 aromatic heterocycles. The third-order valence-corrected chi connectivity index (χ3v) is 6.06. The first-order valence-corrected chi connectivity index (χ1v) is 8.40. The zero-order valence-corrected chi connectivity index (χ0v) is 13.0. The van der Waals surface area contributed by atoms with Crippen LogP contribution in [0.15, 0.2) is 23.1 Å². The molecule has 0 radical (unpaired) electrons. The lowest BCUT2D eigenvalue weighted by Gasteiger charge is -2.21. The fourth-order valence-electron chi connectivity index (χ4n) is 2.91. The summed E-state index contributed by atoms with van der Waals surface area (Å²) in [4.78, 5) is 35.8. The number of carbonyl (C=O) groups is 3. The second kappa shape index (κ2) is 5.14. The first-order valence-electron chi connectivity index (χ1n) is 6.96. The Morgan fingerprint density at radius 1 is 1.22 bits per heavy atom. The van der Waals surface area contributed by atoms with Crippen LogP contribution in [0.2, 0.25) is 0 Å². The third kappa shape index (κ3) is 2.23. The number of imide groups is 1. The van der Waals surface area contributed by atoms with Gasteiger partial charge in [0.25, 0.3) is 11.8 Å². The average Bonchev–Trinajstić information content (AvgIpc) is 3.09. The normalized spacial score (nSPS) is 21.8. The first kappa shape index (κ1) is 15.6. The van der Waals surface area contributed by atoms with Gasteiger partial charge >= 0.3 is 5.97 Å². The lowest BCUT2D eigenvalue weighted by atomic mass is 10.1. The van der Waals surface area contributed by atoms with E-state index in [9.17, 15) is 22.8 Å². The van der Waals surface area contributed by atoms with Gasteiger partial charge in [0.2, 0.25) is 10.0 Å². The van der Waals surface area contributed by atoms with Crippen LogP contribution in [0, 0.1) is 0 Å². The van der Waals surface area contributed by atoms with E-state index in [0.29, 0.717) is 6.42 Å². The molecule has 2 heterocycles. The van der Waals surface area contributed by atoms with Crippen molar-refractivity contribution in [3.05, 3.63) is 29.3 Å². The van der Waals surface area contributed by atoms with Crippen molar-refractivity contribution in [2.45, 2.75) is 23.8 Å². The van der Waals surface area contributed by atoms with Gasteiger partial charge in [-0.05, 0) is 31.0 Å². The van der Waals surface area contributed by atoms with Crippen LogP contribution in [-0.2, 0) is 14.8 Å². The highest BCUT2D eigenvalue weighted by Gasteiger charge is 2.41. The Labute approximate surface area is 132 Å². The Morgan fingerprint density at radius 3 is 2.52 bits per heavy atom. The summed E-state index contributed by atoms with van der Waals surface area (Å²) in [6.07, 6.45) is 0.709. The van der Waals surface area contributed by atoms with E-state index in [-0.39, 0.29) is 29.0 Å². The SMILES string of the molecule is CN1C(=O)c2ccc(S(=O)(=O)N3CCC[C@@H]3C(=O)O)cc2C1=O. The van der Waals surface area contributed by atoms with E-state index in [0.717, 1.165) is 15.3 Å². The molecule has 8 nitrogen and oxygen atoms in total. The van der Waals surface area contributed by atoms with Crippen molar-refractivity contribution in [1.29, 1.82) is 0 Å². The standard InChI is InChI=1S/C14H14N2O6S/c1-15-12(17)9-5-4-8(7-10(9)13(15)18)23(21,22)16-6-2-3-11(16)14(19)20/h4-5,7,11H,2-3,6H2,1H3,(H,19,20)/t11-/m1/s1. The fraction of sp³-hybridized carbons (Fsp3) is 0.357. The van der Waals surface area contributed by atoms with Crippen molar-refractivity contribution in [3.63, 3.8) is 0 Å². The molecule has 1 N–H and O–H groups in total. The smallest absolute Gasteiger partial charge is 0.322 e. The maximum Gasteiger partial charge on any atom is 0.322 e. The summed E-state index contributed by atoms with van der Waals surface area (Å²) in [5.41, 5.74) is 0.164. The van der Waals surface area contributed by atoms with Crippen LogP contribution in [0.4, 0.5) is 0 Å². The number of benzene rings is 1. The third-order valence-electron chi connectivity index (χ3n) is 4.16. The Bertz CT molecular complexity index is 832. The van der Waals surface area contributed by atoms with Crippen LogP contribution >= 0.6 is 0 Å². The summed E-state index contributed by atoms with van der Waals surface area (Å²) in [5, 5.41) is 9.15. The van der Waals surface area contributed by atoms with Gasteiger partial charge in [-0.1, -0.05) is 0 Å². The molecule has 23 heavy (non-hydrogen) atoms. The molecule has 1 atom stereocenters. The van der Waals surface area contributed by atoms with Crippen LogP contribution in [0.1, 0.15) is 33.6 Å². The molecule has 1 aromatic rings. The van der Waals surface area contributed by atoms with Gasteiger partial charge in [-0.15, -0.1) is 0 Å². The number of amides is 2. The van der Waals surface area contributed by atoms with Gasteiger partial charge in [-0.25, -0.2) is 8.42 Å². The average molecular weight is 338 g/mol. The summed E-state index contributed by atoms with van der Waals surface area (Å²) in [6, 6.07) is 2.56. The minimum atomic E-state index is -4.04. The molecule has 2 aliphatic rings. The van der Waals surface area contributed by atoms with Crippen LogP contribution < -0.4 is 0 Å². The largest absolute Gasteiger partial charge is 0.480 e. The predicted molar refractivity (Wildman–Crippen MR) is 77.4 cm³/mol. The summed E-state index contributed by atoms with van der Waals surface area (Å²) in [7, 11) is -2.72. The topological polar surface area (TPSA) is 112 Å². The zero-order chi connectivity index (χ0) is 16.9. The molecule has 9 heteroatoms. The number of carboxylic acid groups (broad SMARTS) is 1. The van der Waals surface area contributed by atoms with E-state index < -0.39 is 33.8 Å². The molecular weight excluding hydrogens is 324 g/mol. The number of sulfonamides is 1. The summed E-state index contributed by atoms with van der Waals surface area (Å²) >= 11 is 0. The Balaban J connectivity index is 2.05. The maximum absolute atomic E-state index is 12.7. The fourth-order valence-corrected chi connectivity index (χ4v) is 4.59. The molecule has 2 amide bonds. The number of fused-ring (bicyclic) bond motifs is 1. The highest BCUT2D eigenvalue weighted by molar-refractivity contribution is 7.89. The second-order valence-corrected chi connectivity index (χ2v) is 7.38. The number of hydrogen-bond donors (Lipinski definition) is 1. The van der Waals surface area contributed by atoms with Crippen molar-refractivity contribution in [2.24, 2.45) is 0 Å². The minimum Gasteiger partial charge on any atom is -0.480 e. The van der Waals surface area contributed by atoms with Crippen LogP contribution in [0.25, 0.3) is 0 Å². The molecule has 0 saturated carbocycles. The molecular formula is C14H14N2O6S. The Kier molecular flexibility index (Phi) is 3.49. The molecule has 0 bridgehead atoms. The summed E-state index contributed by atoms with van der Waals surface area (Å²) < 4.78 is 26.3.